The zero-order valence-corrected chi connectivity index (χ0v) is 15.7. The zero-order chi connectivity index (χ0) is 17.7. The molecule has 130 valence electrons. The Morgan fingerprint density at radius 2 is 2.17 bits per heavy atom. The predicted molar refractivity (Wildman–Crippen MR) is 98.4 cm³/mol. The number of ether oxygens (including phenoxy) is 1. The van der Waals surface area contributed by atoms with Gasteiger partial charge in [0.05, 0.1) is 12.9 Å². The second kappa shape index (κ2) is 7.75. The number of methoxy groups -OCH3 is 1. The van der Waals surface area contributed by atoms with Crippen LogP contribution in [0.4, 0.5) is 0 Å². The fraction of sp³-hybridized carbons (Fsp3) is 0.444. The molecule has 2 aromatic rings. The molecule has 0 spiro atoms. The van der Waals surface area contributed by atoms with Crippen molar-refractivity contribution >= 4 is 17.7 Å². The van der Waals surface area contributed by atoms with Crippen LogP contribution in [0.15, 0.2) is 36.7 Å². The summed E-state index contributed by atoms with van der Waals surface area (Å²) in [5.41, 5.74) is 0.942. The van der Waals surface area contributed by atoms with Crippen molar-refractivity contribution in [1.29, 1.82) is 0 Å². The van der Waals surface area contributed by atoms with Crippen LogP contribution in [0.3, 0.4) is 0 Å². The van der Waals surface area contributed by atoms with Crippen molar-refractivity contribution in [2.45, 2.75) is 31.6 Å². The number of aromatic nitrogens is 2. The van der Waals surface area contributed by atoms with Gasteiger partial charge in [-0.3, -0.25) is 4.79 Å². The molecule has 0 radical (unpaired) electrons. The number of rotatable bonds is 6. The summed E-state index contributed by atoms with van der Waals surface area (Å²) in [5.74, 6) is 1.95. The molecule has 0 fully saturated rings. The topological polar surface area (TPSA) is 56.1 Å². The maximum absolute atomic E-state index is 12.4. The highest BCUT2D eigenvalue weighted by molar-refractivity contribution is 8.01. The monoisotopic (exact) mass is 347 g/mol. The lowest BCUT2D eigenvalue weighted by Gasteiger charge is -2.21. The molecule has 0 saturated heterocycles. The predicted octanol–water partition coefficient (Wildman–Crippen LogP) is 3.17. The van der Waals surface area contributed by atoms with Gasteiger partial charge in [-0.25, -0.2) is 4.98 Å². The van der Waals surface area contributed by atoms with Gasteiger partial charge in [-0.15, -0.1) is 11.8 Å². The molecule has 0 aliphatic heterocycles. The largest absolute Gasteiger partial charge is 0.497 e. The Morgan fingerprint density at radius 1 is 1.42 bits per heavy atom. The van der Waals surface area contributed by atoms with Crippen LogP contribution in [0.2, 0.25) is 0 Å². The van der Waals surface area contributed by atoms with Crippen LogP contribution in [-0.4, -0.2) is 33.1 Å². The number of imidazole rings is 1. The molecule has 2 rings (SSSR count). The van der Waals surface area contributed by atoms with Gasteiger partial charge in [-0.2, -0.15) is 0 Å². The van der Waals surface area contributed by atoms with Crippen molar-refractivity contribution in [3.8, 4) is 5.75 Å². The van der Waals surface area contributed by atoms with Crippen molar-refractivity contribution < 1.29 is 9.53 Å². The molecular formula is C18H25N3O2S. The Bertz CT molecular complexity index is 692. The van der Waals surface area contributed by atoms with Crippen LogP contribution >= 0.6 is 11.8 Å². The van der Waals surface area contributed by atoms with Crippen LogP contribution in [-0.2, 0) is 11.8 Å². The van der Waals surface area contributed by atoms with E-state index in [0.29, 0.717) is 5.75 Å². The molecule has 1 heterocycles. The van der Waals surface area contributed by atoms with Gasteiger partial charge in [0.25, 0.3) is 0 Å². The van der Waals surface area contributed by atoms with E-state index in [4.69, 9.17) is 4.74 Å². The maximum Gasteiger partial charge on any atom is 0.230 e. The van der Waals surface area contributed by atoms with Crippen molar-refractivity contribution in [3.63, 3.8) is 0 Å². The Morgan fingerprint density at radius 3 is 2.75 bits per heavy atom. The number of benzene rings is 1. The van der Waals surface area contributed by atoms with E-state index in [1.54, 1.807) is 25.1 Å². The minimum Gasteiger partial charge on any atom is -0.497 e. The normalized spacial score (nSPS) is 12.7. The molecule has 1 atom stereocenters. The molecule has 5 nitrogen and oxygen atoms in total. The first-order valence-corrected chi connectivity index (χ1v) is 8.83. The fourth-order valence-electron chi connectivity index (χ4n) is 2.26. The number of carbonyl (C=O) groups is 1. The number of aryl methyl sites for hydroxylation is 1. The molecule has 1 aromatic heterocycles. The highest BCUT2D eigenvalue weighted by atomic mass is 32.2. The molecule has 0 saturated carbocycles. The lowest BCUT2D eigenvalue weighted by atomic mass is 10.1. The van der Waals surface area contributed by atoms with Gasteiger partial charge in [0.15, 0.2) is 0 Å². The first-order chi connectivity index (χ1) is 11.3. The molecule has 24 heavy (non-hydrogen) atoms. The highest BCUT2D eigenvalue weighted by Gasteiger charge is 2.22. The van der Waals surface area contributed by atoms with E-state index in [0.717, 1.165) is 17.1 Å². The van der Waals surface area contributed by atoms with Gasteiger partial charge in [-0.05, 0) is 17.7 Å². The summed E-state index contributed by atoms with van der Waals surface area (Å²) in [7, 11) is 3.55. The molecule has 0 aliphatic rings. The fourth-order valence-corrected chi connectivity index (χ4v) is 2.91. The number of nitrogens with one attached hydrogen (secondary N) is 1. The molecule has 1 unspecified atom stereocenters. The summed E-state index contributed by atoms with van der Waals surface area (Å²) < 4.78 is 7.27. The molecule has 1 amide bonds. The number of thioether (sulfide) groups is 1. The van der Waals surface area contributed by atoms with Crippen molar-refractivity contribution in [3.05, 3.63) is 48.0 Å². The van der Waals surface area contributed by atoms with E-state index >= 15 is 0 Å². The first-order valence-electron chi connectivity index (χ1n) is 7.84. The second-order valence-electron chi connectivity index (χ2n) is 6.57. The van der Waals surface area contributed by atoms with E-state index < -0.39 is 0 Å². The maximum atomic E-state index is 12.4. The molecule has 1 N–H and O–H groups in total. The van der Waals surface area contributed by atoms with Crippen molar-refractivity contribution in [2.75, 3.05) is 12.9 Å². The minimum atomic E-state index is -0.312. The number of hydrogen-bond donors (Lipinski definition) is 1. The number of amides is 1. The summed E-state index contributed by atoms with van der Waals surface area (Å²) in [4.78, 5) is 16.8. The van der Waals surface area contributed by atoms with Crippen LogP contribution in [0, 0.1) is 0 Å². The SMILES string of the molecule is COc1cccc(C(NC(=O)CSC(C)(C)C)c2nccn2C)c1. The lowest BCUT2D eigenvalue weighted by molar-refractivity contribution is -0.119. The van der Waals surface area contributed by atoms with E-state index in [9.17, 15) is 4.79 Å². The molecule has 6 heteroatoms. The summed E-state index contributed by atoms with van der Waals surface area (Å²) in [6.45, 7) is 6.30. The van der Waals surface area contributed by atoms with Gasteiger partial charge in [0, 0.05) is 24.2 Å². The Balaban J connectivity index is 2.24. The molecule has 0 bridgehead atoms. The average Bonchev–Trinajstić information content (AvgIpc) is 2.96. The van der Waals surface area contributed by atoms with Gasteiger partial charge >= 0.3 is 0 Å². The van der Waals surface area contributed by atoms with Gasteiger partial charge in [0.1, 0.15) is 17.6 Å². The molecule has 1 aromatic carbocycles. The van der Waals surface area contributed by atoms with E-state index in [1.165, 1.54) is 0 Å². The highest BCUT2D eigenvalue weighted by Crippen LogP contribution is 2.26. The van der Waals surface area contributed by atoms with Crippen LogP contribution in [0.1, 0.15) is 38.2 Å². The number of nitrogens with zero attached hydrogens (tertiary/aromatic N) is 2. The van der Waals surface area contributed by atoms with E-state index in [-0.39, 0.29) is 16.7 Å². The minimum absolute atomic E-state index is 0.00857. The Kier molecular flexibility index (Phi) is 5.94. The van der Waals surface area contributed by atoms with E-state index in [2.05, 4.69) is 31.1 Å². The summed E-state index contributed by atoms with van der Waals surface area (Å²) in [6.07, 6.45) is 3.61. The van der Waals surface area contributed by atoms with Crippen LogP contribution in [0.25, 0.3) is 0 Å². The zero-order valence-electron chi connectivity index (χ0n) is 14.9. The van der Waals surface area contributed by atoms with Crippen molar-refractivity contribution in [2.24, 2.45) is 7.05 Å². The van der Waals surface area contributed by atoms with Crippen LogP contribution in [0.5, 0.6) is 5.75 Å². The number of carbonyl (C=O) groups excluding carboxylic acids is 1. The standard InChI is InChI=1S/C18H25N3O2S/c1-18(2,3)24-12-15(22)20-16(17-19-9-10-21(17)4)13-7-6-8-14(11-13)23-5/h6-11,16H,12H2,1-5H3,(H,20,22). The smallest absolute Gasteiger partial charge is 0.230 e. The van der Waals surface area contributed by atoms with Gasteiger partial charge in [0.2, 0.25) is 5.91 Å². The second-order valence-corrected chi connectivity index (χ2v) is 8.38. The summed E-state index contributed by atoms with van der Waals surface area (Å²) in [6, 6.07) is 7.39. The van der Waals surface area contributed by atoms with E-state index in [1.807, 2.05) is 42.1 Å². The summed E-state index contributed by atoms with van der Waals surface area (Å²) >= 11 is 1.62. The van der Waals surface area contributed by atoms with Crippen LogP contribution < -0.4 is 10.1 Å². The average molecular weight is 347 g/mol. The Labute approximate surface area is 147 Å². The lowest BCUT2D eigenvalue weighted by Crippen LogP contribution is -2.33. The Hall–Kier alpha value is -1.95. The molecular weight excluding hydrogens is 322 g/mol. The van der Waals surface area contributed by atoms with Gasteiger partial charge in [-0.1, -0.05) is 32.9 Å². The van der Waals surface area contributed by atoms with Gasteiger partial charge < -0.3 is 14.6 Å². The molecule has 0 aliphatic carbocycles. The first kappa shape index (κ1) is 18.4. The third-order valence-electron chi connectivity index (χ3n) is 3.49. The summed E-state index contributed by atoms with van der Waals surface area (Å²) in [5, 5.41) is 3.10. The third-order valence-corrected chi connectivity index (χ3v) is 4.76. The quantitative estimate of drug-likeness (QED) is 0.872. The third kappa shape index (κ3) is 5.03. The van der Waals surface area contributed by atoms with Crippen molar-refractivity contribution in [1.82, 2.24) is 14.9 Å². The number of hydrogen-bond acceptors (Lipinski definition) is 4.